The molecule has 0 fully saturated rings. The van der Waals surface area contributed by atoms with Crippen molar-refractivity contribution >= 4 is 34.2 Å². The number of esters is 2. The molecule has 2 heterocycles. The van der Waals surface area contributed by atoms with Crippen LogP contribution in [0.25, 0.3) is 0 Å². The number of amides is 1. The van der Waals surface area contributed by atoms with Crippen molar-refractivity contribution in [3.05, 3.63) is 33.0 Å². The van der Waals surface area contributed by atoms with Gasteiger partial charge in [0.15, 0.2) is 6.61 Å². The maximum Gasteiger partial charge on any atom is 0.344 e. The minimum Gasteiger partial charge on any atom is -0.465 e. The number of anilines is 1. The molecule has 8 nitrogen and oxygen atoms in total. The molecule has 144 valence electrons. The summed E-state index contributed by atoms with van der Waals surface area (Å²) in [5.74, 6) is -1.35. The van der Waals surface area contributed by atoms with Crippen LogP contribution >= 0.6 is 11.3 Å². The molecule has 0 spiro atoms. The van der Waals surface area contributed by atoms with Crippen LogP contribution in [0.2, 0.25) is 0 Å². The Morgan fingerprint density at radius 2 is 1.89 bits per heavy atom. The van der Waals surface area contributed by atoms with E-state index in [0.717, 1.165) is 36.1 Å². The number of hydrogen-bond donors (Lipinski definition) is 1. The third kappa shape index (κ3) is 3.87. The van der Waals surface area contributed by atoms with Gasteiger partial charge in [0.25, 0.3) is 5.91 Å². The van der Waals surface area contributed by atoms with Gasteiger partial charge in [-0.1, -0.05) is 5.16 Å². The predicted molar refractivity (Wildman–Crippen MR) is 97.2 cm³/mol. The van der Waals surface area contributed by atoms with Gasteiger partial charge in [-0.3, -0.25) is 4.79 Å². The van der Waals surface area contributed by atoms with Crippen LogP contribution in [0.1, 0.15) is 55.5 Å². The van der Waals surface area contributed by atoms with Crippen molar-refractivity contribution in [2.45, 2.75) is 39.5 Å². The summed E-state index contributed by atoms with van der Waals surface area (Å²) >= 11 is 1.37. The van der Waals surface area contributed by atoms with Crippen molar-refractivity contribution in [3.63, 3.8) is 0 Å². The standard InChI is InChI=1S/C18H20N2O6S/c1-9-14(10(2)26-20-9)18(23)25-8-13(21)19-16-15(17(22)24-3)11-6-4-5-7-12(11)27-16/h4-8H2,1-3H3,(H,19,21). The van der Waals surface area contributed by atoms with Crippen LogP contribution in [-0.4, -0.2) is 36.7 Å². The number of aryl methyl sites for hydroxylation is 3. The highest BCUT2D eigenvalue weighted by Crippen LogP contribution is 2.38. The van der Waals surface area contributed by atoms with Crippen molar-refractivity contribution in [1.29, 1.82) is 0 Å². The highest BCUT2D eigenvalue weighted by molar-refractivity contribution is 7.17. The van der Waals surface area contributed by atoms with E-state index in [2.05, 4.69) is 10.5 Å². The fourth-order valence-corrected chi connectivity index (χ4v) is 4.41. The molecular formula is C18H20N2O6S. The molecule has 1 aliphatic rings. The SMILES string of the molecule is COC(=O)c1c(NC(=O)COC(=O)c2c(C)noc2C)sc2c1CCCC2. The highest BCUT2D eigenvalue weighted by atomic mass is 32.1. The van der Waals surface area contributed by atoms with Gasteiger partial charge in [0, 0.05) is 4.88 Å². The van der Waals surface area contributed by atoms with Gasteiger partial charge in [-0.25, -0.2) is 9.59 Å². The molecule has 0 saturated heterocycles. The van der Waals surface area contributed by atoms with Gasteiger partial charge >= 0.3 is 11.9 Å². The zero-order chi connectivity index (χ0) is 19.6. The average Bonchev–Trinajstić information content (AvgIpc) is 3.18. The highest BCUT2D eigenvalue weighted by Gasteiger charge is 2.27. The topological polar surface area (TPSA) is 108 Å². The number of hydrogen-bond acceptors (Lipinski definition) is 8. The molecule has 0 aromatic carbocycles. The second kappa shape index (κ2) is 7.91. The first-order valence-electron chi connectivity index (χ1n) is 8.55. The van der Waals surface area contributed by atoms with Gasteiger partial charge in [-0.05, 0) is 45.1 Å². The first-order chi connectivity index (χ1) is 12.9. The number of ether oxygens (including phenoxy) is 2. The lowest BCUT2D eigenvalue weighted by atomic mass is 9.95. The fourth-order valence-electron chi connectivity index (χ4n) is 3.11. The largest absolute Gasteiger partial charge is 0.465 e. The molecule has 0 saturated carbocycles. The third-order valence-corrected chi connectivity index (χ3v) is 5.59. The molecule has 0 atom stereocenters. The lowest BCUT2D eigenvalue weighted by molar-refractivity contribution is -0.119. The number of methoxy groups -OCH3 is 1. The quantitative estimate of drug-likeness (QED) is 0.780. The van der Waals surface area contributed by atoms with E-state index < -0.39 is 24.5 Å². The summed E-state index contributed by atoms with van der Waals surface area (Å²) < 4.78 is 14.8. The van der Waals surface area contributed by atoms with E-state index in [0.29, 0.717) is 22.0 Å². The van der Waals surface area contributed by atoms with E-state index in [1.54, 1.807) is 13.8 Å². The molecule has 0 bridgehead atoms. The number of rotatable bonds is 5. The van der Waals surface area contributed by atoms with Crippen LogP contribution in [0.3, 0.4) is 0 Å². The molecule has 2 aromatic rings. The van der Waals surface area contributed by atoms with Crippen LogP contribution in [0, 0.1) is 13.8 Å². The van der Waals surface area contributed by atoms with Gasteiger partial charge < -0.3 is 19.3 Å². The van der Waals surface area contributed by atoms with Crippen LogP contribution < -0.4 is 5.32 Å². The monoisotopic (exact) mass is 392 g/mol. The molecule has 3 rings (SSSR count). The zero-order valence-corrected chi connectivity index (χ0v) is 16.2. The molecule has 0 aliphatic heterocycles. The van der Waals surface area contributed by atoms with Crippen molar-refractivity contribution in [2.24, 2.45) is 0 Å². The van der Waals surface area contributed by atoms with Crippen molar-refractivity contribution < 1.29 is 28.4 Å². The maximum absolute atomic E-state index is 12.3. The first kappa shape index (κ1) is 19.1. The predicted octanol–water partition coefficient (Wildman–Crippen LogP) is 2.81. The van der Waals surface area contributed by atoms with Crippen molar-refractivity contribution in [3.8, 4) is 0 Å². The molecule has 0 unspecified atom stereocenters. The Balaban J connectivity index is 1.70. The number of aromatic nitrogens is 1. The number of thiophene rings is 1. The van der Waals surface area contributed by atoms with Gasteiger partial charge in [0.2, 0.25) is 0 Å². The van der Waals surface area contributed by atoms with Crippen molar-refractivity contribution in [1.82, 2.24) is 5.16 Å². The Labute approximate surface area is 159 Å². The Bertz CT molecular complexity index is 879. The number of fused-ring (bicyclic) bond motifs is 1. The second-order valence-electron chi connectivity index (χ2n) is 6.23. The fraction of sp³-hybridized carbons (Fsp3) is 0.444. The normalized spacial score (nSPS) is 13.0. The molecule has 9 heteroatoms. The van der Waals surface area contributed by atoms with E-state index in [4.69, 9.17) is 14.0 Å². The van der Waals surface area contributed by atoms with E-state index in [1.807, 2.05) is 0 Å². The van der Waals surface area contributed by atoms with Crippen LogP contribution in [0.15, 0.2) is 4.52 Å². The lowest BCUT2D eigenvalue weighted by Gasteiger charge is -2.11. The zero-order valence-electron chi connectivity index (χ0n) is 15.3. The van der Waals surface area contributed by atoms with Crippen LogP contribution in [-0.2, 0) is 27.1 Å². The molecule has 1 N–H and O–H groups in total. The van der Waals surface area contributed by atoms with E-state index in [9.17, 15) is 14.4 Å². The Morgan fingerprint density at radius 1 is 1.15 bits per heavy atom. The van der Waals surface area contributed by atoms with Gasteiger partial charge in [0.05, 0.1) is 18.4 Å². The van der Waals surface area contributed by atoms with Gasteiger partial charge in [0.1, 0.15) is 16.3 Å². The van der Waals surface area contributed by atoms with Gasteiger partial charge in [-0.15, -0.1) is 11.3 Å². The van der Waals surface area contributed by atoms with Gasteiger partial charge in [-0.2, -0.15) is 0 Å². The number of nitrogens with one attached hydrogen (secondary N) is 1. The second-order valence-corrected chi connectivity index (χ2v) is 7.34. The summed E-state index contributed by atoms with van der Waals surface area (Å²) in [6, 6.07) is 0. The van der Waals surface area contributed by atoms with E-state index >= 15 is 0 Å². The number of carbonyl (C=O) groups is 3. The van der Waals surface area contributed by atoms with Crippen LogP contribution in [0.4, 0.5) is 5.00 Å². The number of nitrogens with zero attached hydrogens (tertiary/aromatic N) is 1. The average molecular weight is 392 g/mol. The summed E-state index contributed by atoms with van der Waals surface area (Å²) in [6.45, 7) is 2.73. The minimum atomic E-state index is -0.680. The smallest absolute Gasteiger partial charge is 0.344 e. The molecule has 0 radical (unpaired) electrons. The Hall–Kier alpha value is -2.68. The molecular weight excluding hydrogens is 372 g/mol. The molecule has 2 aromatic heterocycles. The molecule has 1 aliphatic carbocycles. The summed E-state index contributed by atoms with van der Waals surface area (Å²) in [5.41, 5.74) is 1.96. The minimum absolute atomic E-state index is 0.213. The van der Waals surface area contributed by atoms with Crippen LogP contribution in [0.5, 0.6) is 0 Å². The lowest BCUT2D eigenvalue weighted by Crippen LogP contribution is -2.22. The molecule has 27 heavy (non-hydrogen) atoms. The summed E-state index contributed by atoms with van der Waals surface area (Å²) in [4.78, 5) is 37.6. The molecule has 1 amide bonds. The van der Waals surface area contributed by atoms with E-state index in [-0.39, 0.29) is 5.56 Å². The van der Waals surface area contributed by atoms with Crippen molar-refractivity contribution in [2.75, 3.05) is 19.0 Å². The maximum atomic E-state index is 12.3. The first-order valence-corrected chi connectivity index (χ1v) is 9.36. The van der Waals surface area contributed by atoms with E-state index in [1.165, 1.54) is 18.4 Å². The third-order valence-electron chi connectivity index (χ3n) is 4.39. The number of carbonyl (C=O) groups excluding carboxylic acids is 3. The summed E-state index contributed by atoms with van der Waals surface area (Å²) in [7, 11) is 1.31. The Morgan fingerprint density at radius 3 is 2.56 bits per heavy atom. The Kier molecular flexibility index (Phi) is 5.59. The summed E-state index contributed by atoms with van der Waals surface area (Å²) in [5, 5.41) is 6.80. The summed E-state index contributed by atoms with van der Waals surface area (Å²) in [6.07, 6.45) is 3.71.